The van der Waals surface area contributed by atoms with Gasteiger partial charge in [0.1, 0.15) is 0 Å². The Labute approximate surface area is 480 Å². The van der Waals surface area contributed by atoms with Gasteiger partial charge in [0.15, 0.2) is 0 Å². The maximum atomic E-state index is 11.9. The van der Waals surface area contributed by atoms with E-state index in [-0.39, 0.29) is 16.5 Å². The van der Waals surface area contributed by atoms with Crippen LogP contribution in [0.25, 0.3) is 16.9 Å². The number of aryl methyl sites for hydroxylation is 2. The number of allylic oxidation sites excluding steroid dienone is 4. The second-order valence-electron chi connectivity index (χ2n) is 22.4. The predicted octanol–water partition coefficient (Wildman–Crippen LogP) is 25.4. The molecular formula is C72H124N2Ni. The average molecular weight is 1080 g/mol. The maximum absolute atomic E-state index is 11.9. The van der Waals surface area contributed by atoms with E-state index in [0.29, 0.717) is 0 Å². The van der Waals surface area contributed by atoms with Crippen molar-refractivity contribution in [3.63, 3.8) is 0 Å². The van der Waals surface area contributed by atoms with Crippen molar-refractivity contribution in [2.45, 2.75) is 337 Å². The largest absolute Gasteiger partial charge is 2.00 e. The first-order valence-electron chi connectivity index (χ1n) is 32.9. The third kappa shape index (κ3) is 37.3. The van der Waals surface area contributed by atoms with Gasteiger partial charge >= 0.3 is 16.5 Å². The third-order valence-electron chi connectivity index (χ3n) is 15.4. The van der Waals surface area contributed by atoms with Gasteiger partial charge in [-0.3, -0.25) is 0 Å². The Kier molecular flexibility index (Phi) is 53.4. The van der Waals surface area contributed by atoms with Gasteiger partial charge in [0, 0.05) is 22.3 Å². The Morgan fingerprint density at radius 3 is 1.21 bits per heavy atom. The molecule has 2 aromatic rings. The van der Waals surface area contributed by atoms with Crippen molar-refractivity contribution in [1.29, 1.82) is 0 Å². The van der Waals surface area contributed by atoms with Gasteiger partial charge in [0.05, 0.1) is 0 Å². The van der Waals surface area contributed by atoms with E-state index in [1.54, 1.807) is 4.70 Å². The first-order chi connectivity index (χ1) is 36.5. The van der Waals surface area contributed by atoms with E-state index in [9.17, 15) is 5.53 Å². The molecule has 75 heavy (non-hydrogen) atoms. The van der Waals surface area contributed by atoms with Crippen molar-refractivity contribution < 1.29 is 21.2 Å². The number of unbranched alkanes of at least 4 members (excludes halogenated alkanes) is 36. The summed E-state index contributed by atoms with van der Waals surface area (Å²) in [6, 6.07) is 17.6. The van der Waals surface area contributed by atoms with Crippen LogP contribution in [0.3, 0.4) is 0 Å². The van der Waals surface area contributed by atoms with Gasteiger partial charge in [-0.1, -0.05) is 315 Å². The van der Waals surface area contributed by atoms with E-state index in [1.165, 1.54) is 259 Å². The predicted molar refractivity (Wildman–Crippen MR) is 335 cm³/mol. The maximum Gasteiger partial charge on any atom is 2.00 e. The summed E-state index contributed by atoms with van der Waals surface area (Å²) >= 11 is 0. The molecule has 2 nitrogen and oxygen atoms in total. The van der Waals surface area contributed by atoms with Crippen molar-refractivity contribution >= 4 is 11.4 Å². The van der Waals surface area contributed by atoms with Crippen LogP contribution in [0.4, 0.5) is 0 Å². The Hall–Kier alpha value is -2.25. The quantitative estimate of drug-likeness (QED) is 0.0208. The van der Waals surface area contributed by atoms with Gasteiger partial charge in [0.2, 0.25) is 11.4 Å². The van der Waals surface area contributed by atoms with Gasteiger partial charge in [-0.25, -0.2) is 4.70 Å². The molecular weight excluding hydrogens is 951 g/mol. The van der Waals surface area contributed by atoms with E-state index < -0.39 is 0 Å². The molecule has 0 bridgehead atoms. The number of rotatable bonds is 47. The van der Waals surface area contributed by atoms with Crippen molar-refractivity contribution in [2.75, 3.05) is 0 Å². The number of nitrogens with zero attached hydrogens (tertiary/aromatic N) is 2. The standard InChI is InChI=1S/C44H66N2.2C14H29.Ni/c1-5-9-11-12-13-14-15-16-17-18-19-20-21-22-23-24-25-31-38-32-26-27-35-40(38)44-41(29-7-3)42(34-10-6-2)43(46(44)45)39-33-28-30-37(8-4)36-39;2*1-3-5-7-9-11-13-14-12-10-8-6-4-2;/h23-24,26-28,30,32-33,35-36H,5-22,25,29,31,34H2,1-4H3;2*1,3-14H2,2H3;/q;2*-1;+2. The zero-order chi connectivity index (χ0) is 53.8. The molecule has 0 radical (unpaired) electrons. The van der Waals surface area contributed by atoms with Crippen LogP contribution in [-0.4, -0.2) is 4.70 Å². The van der Waals surface area contributed by atoms with Gasteiger partial charge in [0.25, 0.3) is 0 Å². The molecule has 0 fully saturated rings. The van der Waals surface area contributed by atoms with Crippen LogP contribution in [-0.2, 0) is 29.3 Å². The van der Waals surface area contributed by atoms with Crippen molar-refractivity contribution in [1.82, 2.24) is 0 Å². The van der Waals surface area contributed by atoms with E-state index in [2.05, 4.69) is 116 Å². The van der Waals surface area contributed by atoms with Crippen molar-refractivity contribution in [3.8, 4) is 0 Å². The molecule has 0 atom stereocenters. The molecule has 0 unspecified atom stereocenters. The zero-order valence-corrected chi connectivity index (χ0v) is 51.9. The van der Waals surface area contributed by atoms with Crippen LogP contribution in [0.1, 0.15) is 346 Å². The molecule has 1 heterocycles. The fraction of sp³-hybridized carbons (Fsp3) is 0.722. The molecule has 1 aliphatic heterocycles. The molecule has 0 amide bonds. The minimum absolute atomic E-state index is 0. The van der Waals surface area contributed by atoms with Crippen LogP contribution < -0.4 is 0 Å². The Morgan fingerprint density at radius 1 is 0.387 bits per heavy atom. The van der Waals surface area contributed by atoms with Crippen LogP contribution in [0.5, 0.6) is 0 Å². The summed E-state index contributed by atoms with van der Waals surface area (Å²) in [5.74, 6) is 0. The van der Waals surface area contributed by atoms with E-state index >= 15 is 0 Å². The second kappa shape index (κ2) is 55.1. The second-order valence-corrected chi connectivity index (χ2v) is 22.4. The summed E-state index contributed by atoms with van der Waals surface area (Å²) in [6.07, 6.45) is 66.4. The minimum Gasteiger partial charge on any atom is -0.493 e. The smallest absolute Gasteiger partial charge is 0.493 e. The summed E-state index contributed by atoms with van der Waals surface area (Å²) in [4.78, 5) is 0. The van der Waals surface area contributed by atoms with Crippen molar-refractivity contribution in [2.24, 2.45) is 0 Å². The molecule has 1 aliphatic rings. The summed E-state index contributed by atoms with van der Waals surface area (Å²) in [5, 5.41) is 0. The summed E-state index contributed by atoms with van der Waals surface area (Å²) < 4.78 is 1.55. The average Bonchev–Trinajstić information content (AvgIpc) is 3.70. The molecule has 3 rings (SSSR count). The Balaban J connectivity index is 0.00000154. The number of hydrogen-bond acceptors (Lipinski definition) is 0. The molecule has 0 aromatic heterocycles. The first kappa shape index (κ1) is 72.8. The molecule has 2 aromatic carbocycles. The minimum atomic E-state index is 0. The zero-order valence-electron chi connectivity index (χ0n) is 50.9. The van der Waals surface area contributed by atoms with Crippen LogP contribution in [0, 0.1) is 13.8 Å². The van der Waals surface area contributed by atoms with Crippen LogP contribution in [0.15, 0.2) is 71.8 Å². The van der Waals surface area contributed by atoms with Crippen LogP contribution >= 0.6 is 0 Å². The molecule has 0 saturated heterocycles. The number of hydrogen-bond donors (Lipinski definition) is 0. The molecule has 432 valence electrons. The topological polar surface area (TPSA) is 25.3 Å². The molecule has 3 heteroatoms. The fourth-order valence-electron chi connectivity index (χ4n) is 10.7. The first-order valence-corrected chi connectivity index (χ1v) is 32.9. The molecule has 0 saturated carbocycles. The van der Waals surface area contributed by atoms with E-state index in [1.807, 2.05) is 0 Å². The van der Waals surface area contributed by atoms with E-state index in [0.717, 1.165) is 81.2 Å². The summed E-state index contributed by atoms with van der Waals surface area (Å²) in [6.45, 7) is 21.3. The molecule has 0 aliphatic carbocycles. The summed E-state index contributed by atoms with van der Waals surface area (Å²) in [5.41, 5.74) is 21.6. The van der Waals surface area contributed by atoms with E-state index in [4.69, 9.17) is 0 Å². The number of benzene rings is 2. The SMILES string of the molecule is CCCCCCCCCCCCCCCC=CCCc1ccccc1C1=C(CCC)C(CCCC)=C(c2cccc(CC)c2)[N+]1=[N-].[CH2-]CCCCCCCCCCCCC.[CH2-]CCCCCCCCCCCCC.[Ni+2]. The monoisotopic (exact) mass is 1070 g/mol. The van der Waals surface area contributed by atoms with Gasteiger partial charge in [-0.05, 0) is 80.7 Å². The van der Waals surface area contributed by atoms with Gasteiger partial charge in [-0.15, -0.1) is 0 Å². The Bertz CT molecular complexity index is 1620. The molecule has 0 spiro atoms. The summed E-state index contributed by atoms with van der Waals surface area (Å²) in [7, 11) is 0. The fourth-order valence-corrected chi connectivity index (χ4v) is 10.7. The normalized spacial score (nSPS) is 12.3. The Morgan fingerprint density at radius 2 is 0.787 bits per heavy atom. The van der Waals surface area contributed by atoms with Gasteiger partial charge < -0.3 is 19.4 Å². The molecule has 0 N–H and O–H groups in total. The van der Waals surface area contributed by atoms with Gasteiger partial charge in [-0.2, -0.15) is 12.8 Å². The van der Waals surface area contributed by atoms with Crippen molar-refractivity contribution in [3.05, 3.63) is 113 Å². The third-order valence-corrected chi connectivity index (χ3v) is 15.4. The van der Waals surface area contributed by atoms with Crippen LogP contribution in [0.2, 0.25) is 0 Å².